The zero-order chi connectivity index (χ0) is 19.1. The Hall–Kier alpha value is -2.26. The molecule has 1 atom stereocenters. The quantitative estimate of drug-likeness (QED) is 0.648. The van der Waals surface area contributed by atoms with Crippen molar-refractivity contribution in [1.82, 2.24) is 10.2 Å². The molecular formula is C18H18BrN3O4S. The zero-order valence-corrected chi connectivity index (χ0v) is 16.9. The summed E-state index contributed by atoms with van der Waals surface area (Å²) in [6.45, 7) is 3.08. The first-order chi connectivity index (χ1) is 13.0. The molecule has 0 bridgehead atoms. The Balaban J connectivity index is 1.63. The van der Waals surface area contributed by atoms with Crippen molar-refractivity contribution in [3.63, 3.8) is 0 Å². The molecule has 1 aromatic carbocycles. The average Bonchev–Trinajstić information content (AvgIpc) is 3.01. The Bertz CT molecular complexity index is 930. The third-order valence-corrected chi connectivity index (χ3v) is 6.30. The number of ether oxygens (including phenoxy) is 1. The van der Waals surface area contributed by atoms with Crippen LogP contribution in [0.3, 0.4) is 0 Å². The van der Waals surface area contributed by atoms with E-state index in [1.807, 2.05) is 0 Å². The van der Waals surface area contributed by atoms with Gasteiger partial charge in [-0.1, -0.05) is 15.9 Å². The van der Waals surface area contributed by atoms with E-state index in [4.69, 9.17) is 4.74 Å². The first kappa shape index (κ1) is 18.1. The maximum atomic E-state index is 12.8. The van der Waals surface area contributed by atoms with Gasteiger partial charge in [-0.2, -0.15) is 0 Å². The lowest BCUT2D eigenvalue weighted by Crippen LogP contribution is -2.39. The molecule has 142 valence electrons. The molecule has 0 saturated heterocycles. The van der Waals surface area contributed by atoms with Crippen LogP contribution in [0.15, 0.2) is 22.7 Å². The van der Waals surface area contributed by atoms with Crippen molar-refractivity contribution in [3.8, 4) is 5.75 Å². The molecule has 4 rings (SSSR count). The molecular weight excluding hydrogens is 434 g/mol. The molecule has 0 spiro atoms. The van der Waals surface area contributed by atoms with Crippen LogP contribution in [-0.4, -0.2) is 35.2 Å². The van der Waals surface area contributed by atoms with Crippen molar-refractivity contribution in [2.75, 3.05) is 18.5 Å². The van der Waals surface area contributed by atoms with Crippen LogP contribution in [0.1, 0.15) is 39.5 Å². The monoisotopic (exact) mass is 451 g/mol. The topological polar surface area (TPSA) is 90.9 Å². The van der Waals surface area contributed by atoms with Crippen LogP contribution in [0.25, 0.3) is 0 Å². The molecule has 2 aliphatic heterocycles. The number of amides is 2. The minimum absolute atomic E-state index is 0.106. The second-order valence-corrected chi connectivity index (χ2v) is 8.35. The number of nitrogens with one attached hydrogen (secondary N) is 2. The number of carbonyl (C=O) groups is 2. The smallest absolute Gasteiger partial charge is 0.410 e. The minimum Gasteiger partial charge on any atom is -0.508 e. The Morgan fingerprint density at radius 1 is 1.44 bits per heavy atom. The summed E-state index contributed by atoms with van der Waals surface area (Å²) in [5.41, 5.74) is 2.21. The van der Waals surface area contributed by atoms with Gasteiger partial charge in [0.25, 0.3) is 5.91 Å². The van der Waals surface area contributed by atoms with Gasteiger partial charge in [0.15, 0.2) is 0 Å². The fraction of sp³-hybridized carbons (Fsp3) is 0.333. The number of anilines is 1. The van der Waals surface area contributed by atoms with Crippen LogP contribution >= 0.6 is 27.3 Å². The van der Waals surface area contributed by atoms with Gasteiger partial charge in [0.2, 0.25) is 0 Å². The highest BCUT2D eigenvalue weighted by Crippen LogP contribution is 2.42. The number of thiophene rings is 1. The number of hydrogen-bond acceptors (Lipinski definition) is 6. The van der Waals surface area contributed by atoms with Gasteiger partial charge < -0.3 is 25.4 Å². The standard InChI is InChI=1S/C18H18BrN3O4S/c1-2-26-18(25)22-6-5-10-13(8-22)27-17-14(10)16(24)20-15(21-17)11-7-9(19)3-4-12(11)23/h3-4,7,15,21,23H,2,5-6,8H2,1H3,(H,20,24)/t15-/m1/s1. The molecule has 0 unspecified atom stereocenters. The predicted octanol–water partition coefficient (Wildman–Crippen LogP) is 3.58. The van der Waals surface area contributed by atoms with Gasteiger partial charge in [-0.15, -0.1) is 11.3 Å². The van der Waals surface area contributed by atoms with E-state index in [1.165, 1.54) is 11.3 Å². The van der Waals surface area contributed by atoms with Crippen LogP contribution in [0.4, 0.5) is 9.80 Å². The third-order valence-electron chi connectivity index (χ3n) is 4.66. The summed E-state index contributed by atoms with van der Waals surface area (Å²) in [6.07, 6.45) is -0.241. The second kappa shape index (κ2) is 7.05. The molecule has 2 aliphatic rings. The number of benzene rings is 1. The molecule has 3 heterocycles. The number of nitrogens with zero attached hydrogens (tertiary/aromatic N) is 1. The molecule has 7 nitrogen and oxygen atoms in total. The highest BCUT2D eigenvalue weighted by Gasteiger charge is 2.35. The van der Waals surface area contributed by atoms with Crippen LogP contribution in [-0.2, 0) is 17.7 Å². The highest BCUT2D eigenvalue weighted by atomic mass is 79.9. The Morgan fingerprint density at radius 3 is 3.04 bits per heavy atom. The van der Waals surface area contributed by atoms with Crippen molar-refractivity contribution >= 4 is 44.3 Å². The number of rotatable bonds is 2. The largest absolute Gasteiger partial charge is 0.508 e. The van der Waals surface area contributed by atoms with Crippen molar-refractivity contribution in [1.29, 1.82) is 0 Å². The van der Waals surface area contributed by atoms with E-state index in [-0.39, 0.29) is 17.7 Å². The SMILES string of the molecule is CCOC(=O)N1CCc2c(sc3c2C(=O)N[C@@H](c2cc(Br)ccc2O)N3)C1. The predicted molar refractivity (Wildman–Crippen MR) is 105 cm³/mol. The summed E-state index contributed by atoms with van der Waals surface area (Å²) in [5.74, 6) is -0.0653. The summed E-state index contributed by atoms with van der Waals surface area (Å²) in [5, 5.41) is 17.2. The number of hydrogen-bond donors (Lipinski definition) is 3. The Kier molecular flexibility index (Phi) is 4.73. The number of phenolic OH excluding ortho intramolecular Hbond substituents is 1. The third kappa shape index (κ3) is 3.25. The summed E-state index contributed by atoms with van der Waals surface area (Å²) in [4.78, 5) is 27.4. The first-order valence-electron chi connectivity index (χ1n) is 8.60. The molecule has 0 radical (unpaired) electrons. The number of fused-ring (bicyclic) bond motifs is 3. The van der Waals surface area contributed by atoms with Gasteiger partial charge in [0.05, 0.1) is 18.7 Å². The fourth-order valence-corrected chi connectivity index (χ4v) is 5.07. The van der Waals surface area contributed by atoms with E-state index in [2.05, 4.69) is 26.6 Å². The molecule has 3 N–H and O–H groups in total. The van der Waals surface area contributed by atoms with Crippen molar-refractivity contribution in [2.24, 2.45) is 0 Å². The van der Waals surface area contributed by atoms with Crippen LogP contribution < -0.4 is 10.6 Å². The minimum atomic E-state index is -0.524. The van der Waals surface area contributed by atoms with Gasteiger partial charge in [0, 0.05) is 21.5 Å². The van der Waals surface area contributed by atoms with Crippen LogP contribution in [0, 0.1) is 0 Å². The first-order valence-corrected chi connectivity index (χ1v) is 10.2. The molecule has 0 fully saturated rings. The Labute approximate surface area is 168 Å². The van der Waals surface area contributed by atoms with Gasteiger partial charge in [-0.05, 0) is 37.1 Å². The van der Waals surface area contributed by atoms with E-state index >= 15 is 0 Å². The Morgan fingerprint density at radius 2 is 2.26 bits per heavy atom. The molecule has 2 amide bonds. The normalized spacial score (nSPS) is 18.2. The molecule has 1 aromatic heterocycles. The summed E-state index contributed by atoms with van der Waals surface area (Å²) in [7, 11) is 0. The zero-order valence-electron chi connectivity index (χ0n) is 14.5. The lowest BCUT2D eigenvalue weighted by molar-refractivity contribution is 0.0934. The van der Waals surface area contributed by atoms with Gasteiger partial charge in [0.1, 0.15) is 16.9 Å². The summed E-state index contributed by atoms with van der Waals surface area (Å²) in [6, 6.07) is 5.09. The van der Waals surface area contributed by atoms with E-state index in [0.717, 1.165) is 19.9 Å². The second-order valence-electron chi connectivity index (χ2n) is 6.33. The lowest BCUT2D eigenvalue weighted by Gasteiger charge is -2.28. The van der Waals surface area contributed by atoms with E-state index in [0.29, 0.717) is 37.2 Å². The van der Waals surface area contributed by atoms with Crippen molar-refractivity contribution < 1.29 is 19.4 Å². The fourth-order valence-electron chi connectivity index (χ4n) is 3.40. The number of aromatic hydroxyl groups is 1. The molecule has 27 heavy (non-hydrogen) atoms. The van der Waals surface area contributed by atoms with E-state index < -0.39 is 6.17 Å². The average molecular weight is 452 g/mol. The molecule has 0 aliphatic carbocycles. The highest BCUT2D eigenvalue weighted by molar-refractivity contribution is 9.10. The number of carbonyl (C=O) groups excluding carboxylic acids is 2. The maximum Gasteiger partial charge on any atom is 0.410 e. The number of halogens is 1. The van der Waals surface area contributed by atoms with E-state index in [1.54, 1.807) is 30.0 Å². The summed E-state index contributed by atoms with van der Waals surface area (Å²) >= 11 is 4.87. The maximum absolute atomic E-state index is 12.8. The van der Waals surface area contributed by atoms with Crippen LogP contribution in [0.5, 0.6) is 5.75 Å². The van der Waals surface area contributed by atoms with Gasteiger partial charge in [-0.3, -0.25) is 4.79 Å². The summed E-state index contributed by atoms with van der Waals surface area (Å²) < 4.78 is 5.90. The van der Waals surface area contributed by atoms with Crippen LogP contribution in [0.2, 0.25) is 0 Å². The van der Waals surface area contributed by atoms with Gasteiger partial charge >= 0.3 is 6.09 Å². The molecule has 2 aromatic rings. The lowest BCUT2D eigenvalue weighted by atomic mass is 10.0. The van der Waals surface area contributed by atoms with Gasteiger partial charge in [-0.25, -0.2) is 4.79 Å². The van der Waals surface area contributed by atoms with E-state index in [9.17, 15) is 14.7 Å². The van der Waals surface area contributed by atoms with Crippen molar-refractivity contribution in [3.05, 3.63) is 44.2 Å². The van der Waals surface area contributed by atoms with Crippen molar-refractivity contribution in [2.45, 2.75) is 26.1 Å². The molecule has 0 saturated carbocycles. The molecule has 9 heteroatoms. The number of phenols is 1.